The van der Waals surface area contributed by atoms with Crippen molar-refractivity contribution in [3.8, 4) is 5.75 Å². The van der Waals surface area contributed by atoms with E-state index in [1.807, 2.05) is 58.0 Å². The first-order chi connectivity index (χ1) is 19.7. The summed E-state index contributed by atoms with van der Waals surface area (Å²) in [4.78, 5) is 29.0. The lowest BCUT2D eigenvalue weighted by Crippen LogP contribution is -2.54. The average Bonchev–Trinajstić information content (AvgIpc) is 2.99. The largest absolute Gasteiger partial charge is 0.494 e. The zero-order chi connectivity index (χ0) is 29.8. The predicted octanol–water partition coefficient (Wildman–Crippen LogP) is 5.05. The van der Waals surface area contributed by atoms with Crippen LogP contribution in [-0.4, -0.2) is 56.9 Å². The highest BCUT2D eigenvalue weighted by atomic mass is 32.2. The SMILES string of the molecule is CCOc1ccc(N(CC(=O)N(CCc2ccccc2)[C@H](CC)C(=O)N[C@H](C)CC)S(=O)(=O)c2ccccc2)cc1. The molecule has 2 atom stereocenters. The predicted molar refractivity (Wildman–Crippen MR) is 162 cm³/mol. The summed E-state index contributed by atoms with van der Waals surface area (Å²) in [5, 5.41) is 2.99. The minimum absolute atomic E-state index is 0.0542. The summed E-state index contributed by atoms with van der Waals surface area (Å²) >= 11 is 0. The molecule has 0 aliphatic carbocycles. The Kier molecular flexibility index (Phi) is 11.8. The number of hydrogen-bond acceptors (Lipinski definition) is 5. The third-order valence-electron chi connectivity index (χ3n) is 6.92. The molecular weight excluding hydrogens is 538 g/mol. The number of nitrogens with zero attached hydrogens (tertiary/aromatic N) is 2. The lowest BCUT2D eigenvalue weighted by molar-refractivity contribution is -0.139. The lowest BCUT2D eigenvalue weighted by Gasteiger charge is -2.33. The van der Waals surface area contributed by atoms with Gasteiger partial charge in [-0.2, -0.15) is 0 Å². The van der Waals surface area contributed by atoms with Crippen molar-refractivity contribution in [2.45, 2.75) is 63.9 Å². The molecule has 0 radical (unpaired) electrons. The van der Waals surface area contributed by atoms with Gasteiger partial charge in [-0.15, -0.1) is 0 Å². The second kappa shape index (κ2) is 15.2. The number of rotatable bonds is 15. The molecule has 0 saturated heterocycles. The lowest BCUT2D eigenvalue weighted by atomic mass is 10.1. The van der Waals surface area contributed by atoms with Gasteiger partial charge in [0.25, 0.3) is 10.0 Å². The molecule has 0 spiro atoms. The van der Waals surface area contributed by atoms with Crippen LogP contribution in [0.15, 0.2) is 89.8 Å². The molecule has 0 aliphatic heterocycles. The van der Waals surface area contributed by atoms with E-state index in [1.54, 1.807) is 42.5 Å². The zero-order valence-electron chi connectivity index (χ0n) is 24.3. The third-order valence-corrected chi connectivity index (χ3v) is 8.71. The Balaban J connectivity index is 2.00. The monoisotopic (exact) mass is 579 g/mol. The molecule has 41 heavy (non-hydrogen) atoms. The summed E-state index contributed by atoms with van der Waals surface area (Å²) < 4.78 is 34.4. The van der Waals surface area contributed by atoms with Crippen LogP contribution < -0.4 is 14.4 Å². The van der Waals surface area contributed by atoms with E-state index in [4.69, 9.17) is 4.74 Å². The highest BCUT2D eigenvalue weighted by Crippen LogP contribution is 2.26. The molecule has 3 aromatic rings. The van der Waals surface area contributed by atoms with Crippen LogP contribution in [-0.2, 0) is 26.0 Å². The first-order valence-corrected chi connectivity index (χ1v) is 15.6. The minimum atomic E-state index is -4.11. The smallest absolute Gasteiger partial charge is 0.264 e. The Labute approximate surface area is 244 Å². The summed E-state index contributed by atoms with van der Waals surface area (Å²) in [7, 11) is -4.11. The molecule has 3 aromatic carbocycles. The number of amides is 2. The fraction of sp³-hybridized carbons (Fsp3) is 0.375. The average molecular weight is 580 g/mol. The molecule has 0 saturated carbocycles. The van der Waals surface area contributed by atoms with Crippen LogP contribution in [0.3, 0.4) is 0 Å². The van der Waals surface area contributed by atoms with Gasteiger partial charge in [-0.05, 0) is 75.1 Å². The molecule has 1 N–H and O–H groups in total. The van der Waals surface area contributed by atoms with Crippen molar-refractivity contribution in [3.63, 3.8) is 0 Å². The molecule has 0 heterocycles. The van der Waals surface area contributed by atoms with Crippen molar-refractivity contribution in [2.75, 3.05) is 24.0 Å². The van der Waals surface area contributed by atoms with Gasteiger partial charge in [0.1, 0.15) is 18.3 Å². The molecule has 8 nitrogen and oxygen atoms in total. The van der Waals surface area contributed by atoms with Gasteiger partial charge in [0.2, 0.25) is 11.8 Å². The van der Waals surface area contributed by atoms with E-state index < -0.39 is 28.5 Å². The number of hydrogen-bond donors (Lipinski definition) is 1. The standard InChI is InChI=1S/C32H41N3O5S/c1-5-25(4)33-32(37)30(6-2)34(23-22-26-14-10-8-11-15-26)31(36)24-35(27-18-20-28(21-19-27)40-7-3)41(38,39)29-16-12-9-13-17-29/h8-21,25,30H,5-7,22-24H2,1-4H3,(H,33,37)/t25-,30-/m1/s1. The van der Waals surface area contributed by atoms with Gasteiger partial charge in [0, 0.05) is 12.6 Å². The molecule has 0 fully saturated rings. The van der Waals surface area contributed by atoms with Crippen LogP contribution in [0.25, 0.3) is 0 Å². The second-order valence-electron chi connectivity index (χ2n) is 9.82. The minimum Gasteiger partial charge on any atom is -0.494 e. The van der Waals surface area contributed by atoms with E-state index >= 15 is 0 Å². The second-order valence-corrected chi connectivity index (χ2v) is 11.7. The molecule has 220 valence electrons. The molecule has 0 aromatic heterocycles. The van der Waals surface area contributed by atoms with E-state index in [1.165, 1.54) is 17.0 Å². The summed E-state index contributed by atoms with van der Waals surface area (Å²) in [5.74, 6) is -0.112. The number of ether oxygens (including phenoxy) is 1. The number of carbonyl (C=O) groups is 2. The van der Waals surface area contributed by atoms with Gasteiger partial charge in [0.05, 0.1) is 17.2 Å². The number of sulfonamides is 1. The van der Waals surface area contributed by atoms with Crippen molar-refractivity contribution in [1.29, 1.82) is 0 Å². The molecule has 0 bridgehead atoms. The molecule has 0 aliphatic rings. The Morgan fingerprint density at radius 3 is 2.02 bits per heavy atom. The summed E-state index contributed by atoms with van der Waals surface area (Å²) in [6.45, 7) is 7.88. The van der Waals surface area contributed by atoms with Crippen molar-refractivity contribution < 1.29 is 22.7 Å². The Bertz CT molecular complexity index is 1350. The third kappa shape index (κ3) is 8.57. The van der Waals surface area contributed by atoms with Crippen LogP contribution in [0.4, 0.5) is 5.69 Å². The van der Waals surface area contributed by atoms with Gasteiger partial charge >= 0.3 is 0 Å². The first kappa shape index (κ1) is 31.7. The maximum atomic E-state index is 14.1. The van der Waals surface area contributed by atoms with E-state index in [2.05, 4.69) is 5.32 Å². The quantitative estimate of drug-likeness (QED) is 0.272. The highest BCUT2D eigenvalue weighted by molar-refractivity contribution is 7.92. The van der Waals surface area contributed by atoms with Crippen molar-refractivity contribution in [2.24, 2.45) is 0 Å². The van der Waals surface area contributed by atoms with Crippen molar-refractivity contribution >= 4 is 27.5 Å². The molecule has 2 amide bonds. The first-order valence-electron chi connectivity index (χ1n) is 14.2. The van der Waals surface area contributed by atoms with Gasteiger partial charge in [-0.25, -0.2) is 8.42 Å². The summed E-state index contributed by atoms with van der Waals surface area (Å²) in [5.41, 5.74) is 1.34. The van der Waals surface area contributed by atoms with Crippen molar-refractivity contribution in [3.05, 3.63) is 90.5 Å². The normalized spacial score (nSPS) is 12.7. The fourth-order valence-electron chi connectivity index (χ4n) is 4.46. The molecule has 9 heteroatoms. The molecular formula is C32H41N3O5S. The number of nitrogens with one attached hydrogen (secondary N) is 1. The maximum absolute atomic E-state index is 14.1. The van der Waals surface area contributed by atoms with Crippen LogP contribution in [0.2, 0.25) is 0 Å². The fourth-order valence-corrected chi connectivity index (χ4v) is 5.90. The Morgan fingerprint density at radius 2 is 1.46 bits per heavy atom. The number of benzene rings is 3. The van der Waals surface area contributed by atoms with Crippen LogP contribution in [0, 0.1) is 0 Å². The van der Waals surface area contributed by atoms with Gasteiger partial charge < -0.3 is 15.0 Å². The zero-order valence-corrected chi connectivity index (χ0v) is 25.1. The highest BCUT2D eigenvalue weighted by Gasteiger charge is 2.33. The van der Waals surface area contributed by atoms with Gasteiger partial charge in [-0.3, -0.25) is 13.9 Å². The summed E-state index contributed by atoms with van der Waals surface area (Å²) in [6, 6.07) is 23.5. The number of carbonyl (C=O) groups excluding carboxylic acids is 2. The van der Waals surface area contributed by atoms with Crippen molar-refractivity contribution in [1.82, 2.24) is 10.2 Å². The van der Waals surface area contributed by atoms with Crippen LogP contribution in [0.5, 0.6) is 5.75 Å². The topological polar surface area (TPSA) is 96.0 Å². The molecule has 0 unspecified atom stereocenters. The molecule has 3 rings (SSSR count). The van der Waals surface area contributed by atoms with E-state index in [0.29, 0.717) is 30.9 Å². The van der Waals surface area contributed by atoms with Crippen LogP contribution in [0.1, 0.15) is 46.1 Å². The van der Waals surface area contributed by atoms with Gasteiger partial charge in [-0.1, -0.05) is 62.4 Å². The Morgan fingerprint density at radius 1 is 0.854 bits per heavy atom. The maximum Gasteiger partial charge on any atom is 0.264 e. The number of anilines is 1. The van der Waals surface area contributed by atoms with E-state index in [-0.39, 0.29) is 23.4 Å². The van der Waals surface area contributed by atoms with E-state index in [9.17, 15) is 18.0 Å². The summed E-state index contributed by atoms with van der Waals surface area (Å²) in [6.07, 6.45) is 1.66. The Hall–Kier alpha value is -3.85. The van der Waals surface area contributed by atoms with E-state index in [0.717, 1.165) is 16.3 Å². The van der Waals surface area contributed by atoms with Crippen LogP contribution >= 0.6 is 0 Å². The van der Waals surface area contributed by atoms with Gasteiger partial charge in [0.15, 0.2) is 0 Å².